The number of nitro benzene ring substituents is 1. The summed E-state index contributed by atoms with van der Waals surface area (Å²) < 4.78 is 30.4. The number of pyridine rings is 1. The van der Waals surface area contributed by atoms with Crippen LogP contribution in [0.4, 0.5) is 11.4 Å². The van der Waals surface area contributed by atoms with Gasteiger partial charge in [-0.15, -0.1) is 0 Å². The van der Waals surface area contributed by atoms with Gasteiger partial charge in [0.05, 0.1) is 29.5 Å². The number of anilines is 1. The second-order valence-electron chi connectivity index (χ2n) is 6.31. The van der Waals surface area contributed by atoms with Crippen LogP contribution in [-0.2, 0) is 10.0 Å². The van der Waals surface area contributed by atoms with E-state index >= 15 is 0 Å². The Hall–Kier alpha value is -3.53. The number of rotatable bonds is 5. The Balaban J connectivity index is 2.12. The monoisotopic (exact) mass is 415 g/mol. The molecule has 10 heteroatoms. The van der Waals surface area contributed by atoms with Crippen LogP contribution in [0.5, 0.6) is 5.75 Å². The van der Waals surface area contributed by atoms with Gasteiger partial charge >= 0.3 is 5.69 Å². The molecule has 150 valence electrons. The molecule has 0 unspecified atom stereocenters. The molecule has 0 radical (unpaired) electrons. The van der Waals surface area contributed by atoms with Crippen LogP contribution in [0.25, 0.3) is 10.9 Å². The van der Waals surface area contributed by atoms with E-state index in [0.29, 0.717) is 15.2 Å². The van der Waals surface area contributed by atoms with E-state index in [1.165, 1.54) is 19.2 Å². The Morgan fingerprint density at radius 3 is 2.48 bits per heavy atom. The average molecular weight is 415 g/mol. The van der Waals surface area contributed by atoms with Crippen molar-refractivity contribution in [1.82, 2.24) is 4.98 Å². The maximum atomic E-state index is 13.0. The van der Waals surface area contributed by atoms with Gasteiger partial charge in [0.2, 0.25) is 10.0 Å². The maximum Gasteiger partial charge on any atom is 0.310 e. The third-order valence-electron chi connectivity index (χ3n) is 4.19. The van der Waals surface area contributed by atoms with Gasteiger partial charge in [0.1, 0.15) is 0 Å². The molecule has 9 nitrogen and oxygen atoms in total. The summed E-state index contributed by atoms with van der Waals surface area (Å²) in [6.45, 7) is 1.83. The molecule has 0 atom stereocenters. The lowest BCUT2D eigenvalue weighted by molar-refractivity contribution is -0.385. The number of ether oxygens (including phenoxy) is 1. The fourth-order valence-corrected chi connectivity index (χ4v) is 3.78. The number of aromatic nitrogens is 1. The van der Waals surface area contributed by atoms with E-state index in [-0.39, 0.29) is 22.7 Å². The van der Waals surface area contributed by atoms with E-state index in [4.69, 9.17) is 4.74 Å². The number of benzene rings is 2. The molecule has 0 saturated heterocycles. The highest BCUT2D eigenvalue weighted by molar-refractivity contribution is 7.92. The lowest BCUT2D eigenvalue weighted by atomic mass is 10.1. The van der Waals surface area contributed by atoms with Crippen LogP contribution in [0.1, 0.15) is 16.1 Å². The van der Waals surface area contributed by atoms with E-state index in [1.807, 2.05) is 6.92 Å². The molecule has 2 aromatic carbocycles. The van der Waals surface area contributed by atoms with Crippen molar-refractivity contribution in [2.24, 2.45) is 0 Å². The van der Waals surface area contributed by atoms with Crippen molar-refractivity contribution in [2.45, 2.75) is 6.92 Å². The summed E-state index contributed by atoms with van der Waals surface area (Å²) in [5, 5.41) is 11.7. The Morgan fingerprint density at radius 2 is 1.86 bits per heavy atom. The molecule has 0 aliphatic rings. The van der Waals surface area contributed by atoms with E-state index in [2.05, 4.69) is 4.98 Å². The number of hydrogen-bond acceptors (Lipinski definition) is 7. The minimum Gasteiger partial charge on any atom is -0.490 e. The molecule has 1 aromatic heterocycles. The SMILES string of the molecule is COc1cc(C(=O)N(c2ccc3nc(C)ccc3c2)S(C)(=O)=O)ccc1[N+](=O)[O-]. The number of sulfonamides is 1. The Kier molecular flexibility index (Phi) is 5.21. The Labute approximate surface area is 166 Å². The van der Waals surface area contributed by atoms with Crippen molar-refractivity contribution in [2.75, 3.05) is 17.7 Å². The summed E-state index contributed by atoms with van der Waals surface area (Å²) in [6.07, 6.45) is 0.908. The molecule has 3 aromatic rings. The van der Waals surface area contributed by atoms with Crippen molar-refractivity contribution in [1.29, 1.82) is 0 Å². The van der Waals surface area contributed by atoms with Gasteiger partial charge in [0.25, 0.3) is 5.91 Å². The Morgan fingerprint density at radius 1 is 1.14 bits per heavy atom. The summed E-state index contributed by atoms with van der Waals surface area (Å²) in [5.74, 6) is -1.01. The normalized spacial score (nSPS) is 11.3. The third-order valence-corrected chi connectivity index (χ3v) is 5.23. The molecular formula is C19H17N3O6S. The van der Waals surface area contributed by atoms with Crippen molar-refractivity contribution < 1.29 is 22.9 Å². The van der Waals surface area contributed by atoms with Gasteiger partial charge < -0.3 is 4.74 Å². The van der Waals surface area contributed by atoms with Crippen LogP contribution in [0.2, 0.25) is 0 Å². The number of carbonyl (C=O) groups is 1. The van der Waals surface area contributed by atoms with Gasteiger partial charge in [-0.05, 0) is 37.3 Å². The zero-order chi connectivity index (χ0) is 21.3. The second-order valence-corrected chi connectivity index (χ2v) is 8.14. The summed E-state index contributed by atoms with van der Waals surface area (Å²) in [6, 6.07) is 11.6. The summed E-state index contributed by atoms with van der Waals surface area (Å²) in [7, 11) is -2.77. The predicted octanol–water partition coefficient (Wildman–Crippen LogP) is 3.07. The molecule has 0 fully saturated rings. The highest BCUT2D eigenvalue weighted by Gasteiger charge is 2.28. The van der Waals surface area contributed by atoms with Gasteiger partial charge in [-0.2, -0.15) is 0 Å². The second kappa shape index (κ2) is 7.47. The molecule has 0 aliphatic carbocycles. The largest absolute Gasteiger partial charge is 0.490 e. The number of hydrogen-bond donors (Lipinski definition) is 0. The molecule has 3 rings (SSSR count). The van der Waals surface area contributed by atoms with Crippen molar-refractivity contribution in [3.63, 3.8) is 0 Å². The summed E-state index contributed by atoms with van der Waals surface area (Å²) in [5.41, 5.74) is 1.20. The van der Waals surface area contributed by atoms with Crippen LogP contribution in [0.15, 0.2) is 48.5 Å². The quantitative estimate of drug-likeness (QED) is 0.464. The lowest BCUT2D eigenvalue weighted by Crippen LogP contribution is -2.36. The standard InChI is InChI=1S/C19H17N3O6S/c1-12-4-5-13-10-15(7-8-16(13)20-12)21(29(3,26)27)19(23)14-6-9-17(22(24)25)18(11-14)28-2/h4-11H,1-3H3. The van der Waals surface area contributed by atoms with Crippen LogP contribution < -0.4 is 9.04 Å². The van der Waals surface area contributed by atoms with E-state index in [0.717, 1.165) is 24.1 Å². The van der Waals surface area contributed by atoms with Crippen molar-refractivity contribution in [3.8, 4) is 5.75 Å². The summed E-state index contributed by atoms with van der Waals surface area (Å²) in [4.78, 5) is 27.8. The average Bonchev–Trinajstić information content (AvgIpc) is 2.66. The summed E-state index contributed by atoms with van der Waals surface area (Å²) >= 11 is 0. The number of nitro groups is 1. The first-order chi connectivity index (χ1) is 13.6. The van der Waals surface area contributed by atoms with Crippen molar-refractivity contribution in [3.05, 3.63) is 69.9 Å². The minimum absolute atomic E-state index is 0.0694. The fourth-order valence-electron chi connectivity index (χ4n) is 2.88. The number of fused-ring (bicyclic) bond motifs is 1. The van der Waals surface area contributed by atoms with Crippen LogP contribution in [0.3, 0.4) is 0 Å². The number of nitrogens with zero attached hydrogens (tertiary/aromatic N) is 3. The van der Waals surface area contributed by atoms with Crippen LogP contribution in [0, 0.1) is 17.0 Å². The molecule has 29 heavy (non-hydrogen) atoms. The minimum atomic E-state index is -4.00. The topological polar surface area (TPSA) is 120 Å². The molecule has 1 amide bonds. The smallest absolute Gasteiger partial charge is 0.310 e. The zero-order valence-electron chi connectivity index (χ0n) is 15.8. The third kappa shape index (κ3) is 4.02. The molecular weight excluding hydrogens is 398 g/mol. The number of carbonyl (C=O) groups excluding carboxylic acids is 1. The lowest BCUT2D eigenvalue weighted by Gasteiger charge is -2.21. The number of amides is 1. The van der Waals surface area contributed by atoms with Crippen LogP contribution >= 0.6 is 0 Å². The zero-order valence-corrected chi connectivity index (χ0v) is 16.6. The fraction of sp³-hybridized carbons (Fsp3) is 0.158. The number of aryl methyl sites for hydroxylation is 1. The van der Waals surface area contributed by atoms with Gasteiger partial charge in [0.15, 0.2) is 5.75 Å². The van der Waals surface area contributed by atoms with Gasteiger partial charge in [0, 0.05) is 28.8 Å². The first kappa shape index (κ1) is 20.2. The first-order valence-corrected chi connectivity index (χ1v) is 10.2. The van der Waals surface area contributed by atoms with Crippen molar-refractivity contribution >= 4 is 38.2 Å². The Bertz CT molecular complexity index is 1240. The van der Waals surface area contributed by atoms with E-state index in [9.17, 15) is 23.3 Å². The highest BCUT2D eigenvalue weighted by Crippen LogP contribution is 2.30. The first-order valence-electron chi connectivity index (χ1n) is 8.36. The molecule has 0 aliphatic heterocycles. The maximum absolute atomic E-state index is 13.0. The molecule has 0 spiro atoms. The van der Waals surface area contributed by atoms with E-state index in [1.54, 1.807) is 24.3 Å². The van der Waals surface area contributed by atoms with Gasteiger partial charge in [-0.1, -0.05) is 6.07 Å². The molecule has 1 heterocycles. The van der Waals surface area contributed by atoms with E-state index < -0.39 is 20.9 Å². The predicted molar refractivity (Wildman–Crippen MR) is 108 cm³/mol. The van der Waals surface area contributed by atoms with Gasteiger partial charge in [-0.25, -0.2) is 12.7 Å². The molecule has 0 N–H and O–H groups in total. The van der Waals surface area contributed by atoms with Crippen LogP contribution in [-0.4, -0.2) is 37.6 Å². The highest BCUT2D eigenvalue weighted by atomic mass is 32.2. The number of methoxy groups -OCH3 is 1. The van der Waals surface area contributed by atoms with Gasteiger partial charge in [-0.3, -0.25) is 19.9 Å². The molecule has 0 bridgehead atoms. The molecule has 0 saturated carbocycles.